The monoisotopic (exact) mass is 472 g/mol. The summed E-state index contributed by atoms with van der Waals surface area (Å²) in [5.74, 6) is -0.888. The summed E-state index contributed by atoms with van der Waals surface area (Å²) in [6.07, 6.45) is 23.9. The number of rotatable bonds is 20. The van der Waals surface area contributed by atoms with E-state index in [1.807, 2.05) is 0 Å². The fourth-order valence-electron chi connectivity index (χ4n) is 3.23. The van der Waals surface area contributed by atoms with E-state index in [1.54, 1.807) is 0 Å². The maximum Gasteiger partial charge on any atom is 1.00 e. The first-order valence-corrected chi connectivity index (χ1v) is 13.7. The summed E-state index contributed by atoms with van der Waals surface area (Å²) in [5, 5.41) is 0. The van der Waals surface area contributed by atoms with Gasteiger partial charge in [-0.25, -0.2) is 0 Å². The van der Waals surface area contributed by atoms with Gasteiger partial charge in [-0.15, -0.1) is 0 Å². The molecule has 0 rings (SSSR count). The van der Waals surface area contributed by atoms with E-state index >= 15 is 0 Å². The topological polar surface area (TPSA) is 80.7 Å². The molecule has 0 aliphatic rings. The molecular formula is C24H49NaO5S. The van der Waals surface area contributed by atoms with Crippen LogP contribution in [0.1, 0.15) is 142 Å². The van der Waals surface area contributed by atoms with E-state index in [0.717, 1.165) is 25.7 Å². The van der Waals surface area contributed by atoms with Gasteiger partial charge in [-0.05, 0) is 6.42 Å². The van der Waals surface area contributed by atoms with Crippen LogP contribution in [0.2, 0.25) is 0 Å². The van der Waals surface area contributed by atoms with E-state index in [9.17, 15) is 13.2 Å². The second kappa shape index (κ2) is 28.4. The second-order valence-corrected chi connectivity index (χ2v) is 9.17. The van der Waals surface area contributed by atoms with Gasteiger partial charge in [-0.3, -0.25) is 9.35 Å². The third kappa shape index (κ3) is 38.0. The van der Waals surface area contributed by atoms with Gasteiger partial charge in [0.15, 0.2) is 0 Å². The zero-order chi connectivity index (χ0) is 22.9. The molecular weight excluding hydrogens is 423 g/mol. The Balaban J connectivity index is -0.000000528. The standard InChI is InChI=1S/C12H24O5S.C12H25.Na/c1-2-3-4-5-6-7-8-9-10-11-12(13)17-18(14,15)16;1-3-5-7-9-11-12-10-8-6-4-2;/h2-11H2,1H3,(H,14,15,16);1,3-12H2,2H3;/q;-1;+1. The fraction of sp³-hybridized carbons (Fsp3) is 0.917. The van der Waals surface area contributed by atoms with E-state index in [0.29, 0.717) is 6.42 Å². The van der Waals surface area contributed by atoms with Crippen molar-refractivity contribution in [3.05, 3.63) is 6.92 Å². The second-order valence-electron chi connectivity index (χ2n) is 8.14. The minimum atomic E-state index is -4.63. The van der Waals surface area contributed by atoms with Crippen molar-refractivity contribution < 1.29 is 51.5 Å². The average Bonchev–Trinajstić information content (AvgIpc) is 2.68. The molecule has 0 amide bonds. The third-order valence-electron chi connectivity index (χ3n) is 5.04. The Labute approximate surface area is 216 Å². The predicted octanol–water partition coefficient (Wildman–Crippen LogP) is 5.00. The van der Waals surface area contributed by atoms with Gasteiger partial charge in [0.25, 0.3) is 0 Å². The van der Waals surface area contributed by atoms with Gasteiger partial charge >= 0.3 is 45.9 Å². The molecule has 7 heteroatoms. The molecule has 31 heavy (non-hydrogen) atoms. The van der Waals surface area contributed by atoms with Gasteiger partial charge < -0.3 is 11.1 Å². The molecule has 1 N–H and O–H groups in total. The molecule has 182 valence electrons. The molecule has 0 bridgehead atoms. The summed E-state index contributed by atoms with van der Waals surface area (Å²) in [6.45, 7) is 8.30. The molecule has 0 aliphatic carbocycles. The van der Waals surface area contributed by atoms with Crippen molar-refractivity contribution in [3.8, 4) is 0 Å². The van der Waals surface area contributed by atoms with Crippen LogP contribution in [0.15, 0.2) is 0 Å². The summed E-state index contributed by atoms with van der Waals surface area (Å²) in [7, 11) is -4.63. The van der Waals surface area contributed by atoms with Crippen molar-refractivity contribution in [3.63, 3.8) is 0 Å². The molecule has 0 aliphatic heterocycles. The summed E-state index contributed by atoms with van der Waals surface area (Å²) in [6, 6.07) is 0. The SMILES string of the molecule is CCCCCCCCCCCC(=O)OS(=O)(=O)O.[CH2-]CCCCCCCCCCC.[Na+]. The molecule has 0 saturated carbocycles. The molecule has 0 radical (unpaired) electrons. The van der Waals surface area contributed by atoms with Gasteiger partial charge in [-0.1, -0.05) is 123 Å². The fourth-order valence-corrected chi connectivity index (χ4v) is 3.54. The quantitative estimate of drug-likeness (QED) is 0.117. The number of unbranched alkanes of at least 4 members (excludes halogenated alkanes) is 17. The van der Waals surface area contributed by atoms with Gasteiger partial charge in [0.2, 0.25) is 0 Å². The van der Waals surface area contributed by atoms with Crippen LogP contribution in [0.3, 0.4) is 0 Å². The van der Waals surface area contributed by atoms with Gasteiger partial charge in [0, 0.05) is 6.42 Å². The number of hydrogen-bond acceptors (Lipinski definition) is 4. The Morgan fingerprint density at radius 1 is 0.677 bits per heavy atom. The molecule has 0 saturated heterocycles. The Kier molecular flexibility index (Phi) is 33.0. The zero-order valence-electron chi connectivity index (χ0n) is 20.8. The van der Waals surface area contributed by atoms with E-state index in [1.165, 1.54) is 89.9 Å². The van der Waals surface area contributed by atoms with Crippen LogP contribution in [0, 0.1) is 6.92 Å². The predicted molar refractivity (Wildman–Crippen MR) is 127 cm³/mol. The van der Waals surface area contributed by atoms with E-state index in [4.69, 9.17) is 4.55 Å². The van der Waals surface area contributed by atoms with Crippen LogP contribution in [0.5, 0.6) is 0 Å². The smallest absolute Gasteiger partial charge is 0.343 e. The molecule has 0 aromatic carbocycles. The molecule has 0 atom stereocenters. The average molecular weight is 473 g/mol. The van der Waals surface area contributed by atoms with Crippen molar-refractivity contribution in [1.29, 1.82) is 0 Å². The summed E-state index contributed by atoms with van der Waals surface area (Å²) >= 11 is 0. The van der Waals surface area contributed by atoms with Crippen LogP contribution in [-0.2, 0) is 19.4 Å². The number of carbonyl (C=O) groups excluding carboxylic acids is 1. The maximum absolute atomic E-state index is 10.9. The minimum absolute atomic E-state index is 0. The Bertz CT molecular complexity index is 445. The van der Waals surface area contributed by atoms with Gasteiger partial charge in [0.05, 0.1) is 0 Å². The third-order valence-corrected chi connectivity index (χ3v) is 5.43. The number of hydrogen-bond donors (Lipinski definition) is 1. The van der Waals surface area contributed by atoms with Crippen LogP contribution >= 0.6 is 0 Å². The van der Waals surface area contributed by atoms with Gasteiger partial charge in [0.1, 0.15) is 0 Å². The zero-order valence-corrected chi connectivity index (χ0v) is 23.7. The van der Waals surface area contributed by atoms with Crippen molar-refractivity contribution in [2.45, 2.75) is 142 Å². The molecule has 0 fully saturated rings. The van der Waals surface area contributed by atoms with Crippen LogP contribution in [0.25, 0.3) is 0 Å². The first-order valence-electron chi connectivity index (χ1n) is 12.4. The van der Waals surface area contributed by atoms with Crippen molar-refractivity contribution >= 4 is 16.4 Å². The van der Waals surface area contributed by atoms with Gasteiger partial charge in [-0.2, -0.15) is 14.8 Å². The molecule has 0 aromatic rings. The number of carbonyl (C=O) groups is 1. The molecule has 0 aromatic heterocycles. The Hall–Kier alpha value is 0.380. The van der Waals surface area contributed by atoms with E-state index < -0.39 is 16.4 Å². The van der Waals surface area contributed by atoms with Crippen molar-refractivity contribution in [1.82, 2.24) is 0 Å². The van der Waals surface area contributed by atoms with Crippen LogP contribution in [0.4, 0.5) is 0 Å². The first kappa shape index (κ1) is 36.0. The normalized spacial score (nSPS) is 10.7. The van der Waals surface area contributed by atoms with E-state index in [2.05, 4.69) is 25.0 Å². The summed E-state index contributed by atoms with van der Waals surface area (Å²) < 4.78 is 32.5. The van der Waals surface area contributed by atoms with Crippen molar-refractivity contribution in [2.75, 3.05) is 0 Å². The van der Waals surface area contributed by atoms with Crippen LogP contribution < -0.4 is 29.6 Å². The minimum Gasteiger partial charge on any atom is -0.343 e. The molecule has 0 unspecified atom stereocenters. The largest absolute Gasteiger partial charge is 1.00 e. The first-order chi connectivity index (χ1) is 14.4. The van der Waals surface area contributed by atoms with Crippen LogP contribution in [-0.4, -0.2) is 18.9 Å². The summed E-state index contributed by atoms with van der Waals surface area (Å²) in [5.41, 5.74) is 0. The molecule has 0 heterocycles. The Morgan fingerprint density at radius 3 is 1.32 bits per heavy atom. The summed E-state index contributed by atoms with van der Waals surface area (Å²) in [4.78, 5) is 10.9. The maximum atomic E-state index is 10.9. The Morgan fingerprint density at radius 2 is 1.00 bits per heavy atom. The molecule has 5 nitrogen and oxygen atoms in total. The van der Waals surface area contributed by atoms with Crippen molar-refractivity contribution in [2.24, 2.45) is 0 Å². The molecule has 0 spiro atoms. The van der Waals surface area contributed by atoms with E-state index in [-0.39, 0.29) is 36.0 Å².